The third-order valence-electron chi connectivity index (χ3n) is 8.51. The highest BCUT2D eigenvalue weighted by molar-refractivity contribution is 7.47. The number of carbonyl (C=O) groups excluding carboxylic acids is 2. The summed E-state index contributed by atoms with van der Waals surface area (Å²) >= 11 is 0. The molecule has 0 radical (unpaired) electrons. The topological polar surface area (TPSA) is 131 Å². The summed E-state index contributed by atoms with van der Waals surface area (Å²) in [5.74, 6) is -0.533. The predicted molar refractivity (Wildman–Crippen MR) is 215 cm³/mol. The molecule has 0 bridgehead atoms. The Balaban J connectivity index is 3.63. The molecule has 0 aliphatic carbocycles. The second-order valence-corrected chi connectivity index (χ2v) is 15.1. The number of phosphoric acid groups is 1. The zero-order valence-electron chi connectivity index (χ0n) is 33.0. The molecular formula is C42H76NO8P. The first kappa shape index (κ1) is 50.0. The van der Waals surface area contributed by atoms with Gasteiger partial charge in [-0.3, -0.25) is 18.6 Å². The van der Waals surface area contributed by atoms with Gasteiger partial charge in [-0.2, -0.15) is 0 Å². The highest BCUT2D eigenvalue weighted by atomic mass is 31.2. The molecule has 302 valence electrons. The van der Waals surface area contributed by atoms with E-state index in [0.717, 1.165) is 70.6 Å². The van der Waals surface area contributed by atoms with Crippen molar-refractivity contribution in [2.24, 2.45) is 0 Å². The van der Waals surface area contributed by atoms with Crippen LogP contribution in [-0.2, 0) is 27.9 Å². The van der Waals surface area contributed by atoms with E-state index in [0.29, 0.717) is 6.42 Å². The summed E-state index contributed by atoms with van der Waals surface area (Å²) in [6.07, 6.45) is 43.4. The van der Waals surface area contributed by atoms with E-state index < -0.39 is 26.5 Å². The minimum absolute atomic E-state index is 0.0800. The Morgan fingerprint density at radius 3 is 1.60 bits per heavy atom. The van der Waals surface area contributed by atoms with E-state index in [2.05, 4.69) is 67.8 Å². The number of rotatable bonds is 38. The van der Waals surface area contributed by atoms with Gasteiger partial charge >= 0.3 is 13.8 Å². The van der Waals surface area contributed by atoms with Crippen molar-refractivity contribution in [2.45, 2.75) is 180 Å². The Morgan fingerprint density at radius 2 is 1.04 bits per heavy atom. The highest BCUT2D eigenvalue weighted by Crippen LogP contribution is 2.42. The number of hydrogen-bond acceptors (Lipinski definition) is 7. The normalized spacial score (nSPS) is 13.8. The summed E-state index contributed by atoms with van der Waals surface area (Å²) in [6.45, 7) is 3.47. The fraction of sp³-hybridized carbons (Fsp3) is 0.762. The molecule has 2 atom stereocenters. The minimum Gasteiger partial charge on any atom is -0.463 e. The van der Waals surface area contributed by atoms with Gasteiger partial charge in [0.05, 0.1) is 13.2 Å². The van der Waals surface area contributed by atoms with Crippen LogP contribution in [0.1, 0.15) is 174 Å². The van der Waals surface area contributed by atoms with Crippen LogP contribution in [0.25, 0.3) is 0 Å². The molecule has 52 heavy (non-hydrogen) atoms. The van der Waals surface area contributed by atoms with E-state index in [-0.39, 0.29) is 32.1 Å². The van der Waals surface area contributed by atoms with Crippen molar-refractivity contribution in [3.05, 3.63) is 48.6 Å². The van der Waals surface area contributed by atoms with Crippen molar-refractivity contribution in [1.29, 1.82) is 0 Å². The number of unbranched alkanes of at least 4 members (excludes halogenated alkanes) is 17. The molecule has 0 rings (SSSR count). The van der Waals surface area contributed by atoms with Crippen LogP contribution in [0.4, 0.5) is 0 Å². The number of amides is 1. The van der Waals surface area contributed by atoms with E-state index in [1.165, 1.54) is 77.0 Å². The zero-order valence-corrected chi connectivity index (χ0v) is 33.9. The van der Waals surface area contributed by atoms with Gasteiger partial charge in [-0.25, -0.2) is 4.57 Å². The van der Waals surface area contributed by atoms with Crippen LogP contribution in [0.5, 0.6) is 0 Å². The molecule has 0 aromatic rings. The Hall–Kier alpha value is -2.03. The summed E-state index contributed by atoms with van der Waals surface area (Å²) in [6, 6.07) is 0. The van der Waals surface area contributed by atoms with Crippen LogP contribution < -0.4 is 5.32 Å². The number of esters is 1. The van der Waals surface area contributed by atoms with E-state index in [1.807, 2.05) is 0 Å². The molecule has 0 heterocycles. The Morgan fingerprint density at radius 1 is 0.596 bits per heavy atom. The summed E-state index contributed by atoms with van der Waals surface area (Å²) in [7, 11) is -4.41. The average Bonchev–Trinajstić information content (AvgIpc) is 3.13. The minimum atomic E-state index is -4.41. The van der Waals surface area contributed by atoms with Gasteiger partial charge < -0.3 is 20.1 Å². The number of carbonyl (C=O) groups is 2. The van der Waals surface area contributed by atoms with Gasteiger partial charge in [0.25, 0.3) is 0 Å². The smallest absolute Gasteiger partial charge is 0.463 e. The molecular weight excluding hydrogens is 677 g/mol. The molecule has 3 N–H and O–H groups in total. The second kappa shape index (κ2) is 38.7. The van der Waals surface area contributed by atoms with Gasteiger partial charge in [-0.15, -0.1) is 0 Å². The van der Waals surface area contributed by atoms with Crippen molar-refractivity contribution in [2.75, 3.05) is 26.4 Å². The number of aliphatic hydroxyl groups excluding tert-OH is 1. The van der Waals surface area contributed by atoms with Crippen molar-refractivity contribution in [1.82, 2.24) is 5.32 Å². The number of aliphatic hydroxyl groups is 1. The maximum absolute atomic E-state index is 12.0. The number of nitrogens with one attached hydrogen (secondary N) is 1. The Bertz CT molecular complexity index is 996. The summed E-state index contributed by atoms with van der Waals surface area (Å²) in [5, 5.41) is 12.6. The van der Waals surface area contributed by atoms with Gasteiger partial charge in [0.15, 0.2) is 0 Å². The van der Waals surface area contributed by atoms with Gasteiger partial charge in [0, 0.05) is 19.4 Å². The van der Waals surface area contributed by atoms with E-state index in [1.54, 1.807) is 0 Å². The van der Waals surface area contributed by atoms with E-state index >= 15 is 0 Å². The van der Waals surface area contributed by atoms with Crippen LogP contribution in [0.2, 0.25) is 0 Å². The van der Waals surface area contributed by atoms with Gasteiger partial charge in [-0.1, -0.05) is 152 Å². The van der Waals surface area contributed by atoms with Crippen LogP contribution >= 0.6 is 7.82 Å². The summed E-state index contributed by atoms with van der Waals surface area (Å²) in [4.78, 5) is 33.7. The third-order valence-corrected chi connectivity index (χ3v) is 9.50. The lowest BCUT2D eigenvalue weighted by Gasteiger charge is -2.15. The van der Waals surface area contributed by atoms with Crippen LogP contribution in [0, 0.1) is 0 Å². The lowest BCUT2D eigenvalue weighted by atomic mass is 10.1. The standard InChI is InChI=1S/C42H76NO8P/c1-3-5-7-9-11-13-14-15-16-17-18-19-20-21-22-23-24-25-26-27-29-31-33-35-42(46)49-38-40(44)39-51-52(47,48)50-37-36-43-41(45)34-32-30-28-12-10-8-6-4-2/h11,13,15-16,18-19,21-22,40,44H,3-10,12,14,17,20,23-39H2,1-2H3,(H,43,45)(H,47,48)/b13-11-,16-15-,19-18-,22-21-. The largest absolute Gasteiger partial charge is 0.472 e. The molecule has 0 spiro atoms. The monoisotopic (exact) mass is 754 g/mol. The summed E-state index contributed by atoms with van der Waals surface area (Å²) < 4.78 is 26.7. The molecule has 0 saturated heterocycles. The molecule has 0 saturated carbocycles. The third kappa shape index (κ3) is 39.2. The molecule has 0 aliphatic rings. The average molecular weight is 754 g/mol. The first-order chi connectivity index (χ1) is 25.3. The molecule has 2 unspecified atom stereocenters. The number of hydrogen-bond donors (Lipinski definition) is 3. The van der Waals surface area contributed by atoms with Crippen molar-refractivity contribution >= 4 is 19.7 Å². The molecule has 1 amide bonds. The number of allylic oxidation sites excluding steroid dienone is 8. The highest BCUT2D eigenvalue weighted by Gasteiger charge is 2.23. The SMILES string of the molecule is CCCCC/C=C\C/C=C\C/C=C\C/C=C\CCCCCCCCCC(=O)OCC(O)COP(=O)(O)OCCNC(=O)CCCCCCCCCC. The second-order valence-electron chi connectivity index (χ2n) is 13.6. The first-order valence-corrected chi connectivity index (χ1v) is 22.1. The van der Waals surface area contributed by atoms with Crippen LogP contribution in [-0.4, -0.2) is 54.3 Å². The Kier molecular flexibility index (Phi) is 37.2. The van der Waals surface area contributed by atoms with Crippen molar-refractivity contribution < 1.29 is 37.9 Å². The molecule has 0 aromatic carbocycles. The maximum atomic E-state index is 12.0. The zero-order chi connectivity index (χ0) is 38.2. The van der Waals surface area contributed by atoms with Crippen LogP contribution in [0.3, 0.4) is 0 Å². The number of ether oxygens (including phenoxy) is 1. The molecule has 9 nitrogen and oxygen atoms in total. The van der Waals surface area contributed by atoms with Gasteiger partial charge in [-0.05, 0) is 57.8 Å². The van der Waals surface area contributed by atoms with Gasteiger partial charge in [0.2, 0.25) is 5.91 Å². The molecule has 0 fully saturated rings. The lowest BCUT2D eigenvalue weighted by Crippen LogP contribution is -2.27. The quantitative estimate of drug-likeness (QED) is 0.0246. The molecule has 0 aliphatic heterocycles. The van der Waals surface area contributed by atoms with Crippen molar-refractivity contribution in [3.8, 4) is 0 Å². The van der Waals surface area contributed by atoms with E-state index in [9.17, 15) is 24.2 Å². The molecule has 10 heteroatoms. The lowest BCUT2D eigenvalue weighted by molar-refractivity contribution is -0.147. The van der Waals surface area contributed by atoms with Gasteiger partial charge in [0.1, 0.15) is 12.7 Å². The fourth-order valence-electron chi connectivity index (χ4n) is 5.36. The molecule has 0 aromatic heterocycles. The van der Waals surface area contributed by atoms with E-state index in [4.69, 9.17) is 13.8 Å². The number of phosphoric ester groups is 1. The maximum Gasteiger partial charge on any atom is 0.472 e. The first-order valence-electron chi connectivity index (χ1n) is 20.6. The fourth-order valence-corrected chi connectivity index (χ4v) is 6.12. The van der Waals surface area contributed by atoms with Crippen LogP contribution in [0.15, 0.2) is 48.6 Å². The summed E-state index contributed by atoms with van der Waals surface area (Å²) in [5.41, 5.74) is 0. The van der Waals surface area contributed by atoms with Crippen molar-refractivity contribution in [3.63, 3.8) is 0 Å². The Labute approximate surface area is 317 Å². The predicted octanol–water partition coefficient (Wildman–Crippen LogP) is 11.2.